The fraction of sp³-hybridized carbons (Fsp3) is 0.333. The lowest BCUT2D eigenvalue weighted by Gasteiger charge is -2.45. The molecule has 0 aliphatic carbocycles. The molecule has 0 radical (unpaired) electrons. The highest BCUT2D eigenvalue weighted by atomic mass is 16.2. The molecule has 0 bridgehead atoms. The van der Waals surface area contributed by atoms with E-state index in [0.717, 1.165) is 0 Å². The second-order valence-corrected chi connectivity index (χ2v) is 5.87. The Bertz CT molecular complexity index is 617. The number of anilines is 1. The largest absolute Gasteiger partial charge is 0.363 e. The highest BCUT2D eigenvalue weighted by Crippen LogP contribution is 2.24. The molecule has 0 saturated carbocycles. The summed E-state index contributed by atoms with van der Waals surface area (Å²) in [5.41, 5.74) is 1.74. The van der Waals surface area contributed by atoms with Gasteiger partial charge in [-0.3, -0.25) is 9.78 Å². The van der Waals surface area contributed by atoms with Crippen molar-refractivity contribution in [3.8, 4) is 0 Å². The van der Waals surface area contributed by atoms with Crippen LogP contribution in [0.3, 0.4) is 0 Å². The van der Waals surface area contributed by atoms with Gasteiger partial charge in [-0.05, 0) is 38.1 Å². The van der Waals surface area contributed by atoms with Crippen LogP contribution in [-0.2, 0) is 0 Å². The summed E-state index contributed by atoms with van der Waals surface area (Å²) in [4.78, 5) is 21.1. The van der Waals surface area contributed by atoms with E-state index in [1.54, 1.807) is 12.3 Å². The fourth-order valence-electron chi connectivity index (χ4n) is 3.25. The number of carbonyl (C=O) groups is 1. The second-order valence-electron chi connectivity index (χ2n) is 5.87. The number of rotatable bonds is 2. The van der Waals surface area contributed by atoms with Gasteiger partial charge in [0.2, 0.25) is 0 Å². The van der Waals surface area contributed by atoms with Crippen molar-refractivity contribution in [3.05, 3.63) is 60.4 Å². The van der Waals surface area contributed by atoms with Crippen molar-refractivity contribution in [2.45, 2.75) is 25.9 Å². The molecule has 0 N–H and O–H groups in total. The van der Waals surface area contributed by atoms with Gasteiger partial charge < -0.3 is 9.80 Å². The molecule has 2 atom stereocenters. The first-order chi connectivity index (χ1) is 10.7. The second kappa shape index (κ2) is 6.18. The molecular formula is C18H21N3O. The number of hydrogen-bond acceptors (Lipinski definition) is 3. The van der Waals surface area contributed by atoms with Gasteiger partial charge in [-0.25, -0.2) is 0 Å². The molecule has 2 aromatic rings. The Morgan fingerprint density at radius 2 is 1.64 bits per heavy atom. The normalized spacial score (nSPS) is 21.7. The van der Waals surface area contributed by atoms with Crippen LogP contribution in [0.5, 0.6) is 0 Å². The number of pyridine rings is 1. The molecule has 4 heteroatoms. The van der Waals surface area contributed by atoms with Gasteiger partial charge >= 0.3 is 0 Å². The number of nitrogens with zero attached hydrogens (tertiary/aromatic N) is 3. The summed E-state index contributed by atoms with van der Waals surface area (Å²) >= 11 is 0. The minimum atomic E-state index is 0.0204. The van der Waals surface area contributed by atoms with E-state index in [1.165, 1.54) is 5.69 Å². The number of hydrogen-bond donors (Lipinski definition) is 0. The average molecular weight is 295 g/mol. The Balaban J connectivity index is 1.77. The minimum absolute atomic E-state index is 0.0204. The summed E-state index contributed by atoms with van der Waals surface area (Å²) in [6.07, 6.45) is 1.67. The highest BCUT2D eigenvalue weighted by molar-refractivity contribution is 5.92. The SMILES string of the molecule is CC1CN(C(=O)c2ccccn2)CC(C)N1c1ccccc1. The van der Waals surface area contributed by atoms with Gasteiger partial charge in [0.1, 0.15) is 5.69 Å². The van der Waals surface area contributed by atoms with Gasteiger partial charge in [0, 0.05) is 37.1 Å². The molecule has 4 nitrogen and oxygen atoms in total. The van der Waals surface area contributed by atoms with Crippen molar-refractivity contribution in [2.75, 3.05) is 18.0 Å². The fourth-order valence-corrected chi connectivity index (χ4v) is 3.25. The predicted molar refractivity (Wildman–Crippen MR) is 88.0 cm³/mol. The van der Waals surface area contributed by atoms with Crippen LogP contribution in [0.2, 0.25) is 0 Å². The Morgan fingerprint density at radius 1 is 1.00 bits per heavy atom. The van der Waals surface area contributed by atoms with Crippen LogP contribution in [0.15, 0.2) is 54.7 Å². The standard InChI is InChI=1S/C18H21N3O/c1-14-12-20(18(22)17-10-6-7-11-19-17)13-15(2)21(14)16-8-4-3-5-9-16/h3-11,14-15H,12-13H2,1-2H3. The molecular weight excluding hydrogens is 274 g/mol. The molecule has 114 valence electrons. The molecule has 1 aliphatic rings. The summed E-state index contributed by atoms with van der Waals surface area (Å²) < 4.78 is 0. The van der Waals surface area contributed by atoms with Crippen LogP contribution in [0.4, 0.5) is 5.69 Å². The molecule has 22 heavy (non-hydrogen) atoms. The summed E-state index contributed by atoms with van der Waals surface area (Å²) in [5, 5.41) is 0. The zero-order chi connectivity index (χ0) is 15.5. The average Bonchev–Trinajstić information content (AvgIpc) is 2.55. The van der Waals surface area contributed by atoms with Gasteiger partial charge in [-0.2, -0.15) is 0 Å². The summed E-state index contributed by atoms with van der Waals surface area (Å²) in [7, 11) is 0. The number of piperazine rings is 1. The molecule has 2 unspecified atom stereocenters. The Morgan fingerprint density at radius 3 is 2.23 bits per heavy atom. The lowest BCUT2D eigenvalue weighted by atomic mass is 10.1. The number of benzene rings is 1. The number of carbonyl (C=O) groups excluding carboxylic acids is 1. The molecule has 2 heterocycles. The molecule has 1 aromatic heterocycles. The Kier molecular flexibility index (Phi) is 4.09. The summed E-state index contributed by atoms with van der Waals surface area (Å²) in [6.45, 7) is 5.77. The van der Waals surface area contributed by atoms with Gasteiger partial charge in [-0.15, -0.1) is 0 Å². The number of aromatic nitrogens is 1. The van der Waals surface area contributed by atoms with E-state index in [1.807, 2.05) is 23.1 Å². The van der Waals surface area contributed by atoms with E-state index in [0.29, 0.717) is 18.8 Å². The first-order valence-electron chi connectivity index (χ1n) is 7.70. The Hall–Kier alpha value is -2.36. The molecule has 1 saturated heterocycles. The highest BCUT2D eigenvalue weighted by Gasteiger charge is 2.32. The monoisotopic (exact) mass is 295 g/mol. The lowest BCUT2D eigenvalue weighted by Crippen LogP contribution is -2.58. The van der Waals surface area contributed by atoms with E-state index in [4.69, 9.17) is 0 Å². The molecule has 0 spiro atoms. The van der Waals surface area contributed by atoms with E-state index < -0.39 is 0 Å². The van der Waals surface area contributed by atoms with Crippen LogP contribution in [-0.4, -0.2) is 41.0 Å². The van der Waals surface area contributed by atoms with Gasteiger partial charge in [0.05, 0.1) is 0 Å². The van der Waals surface area contributed by atoms with Crippen LogP contribution >= 0.6 is 0 Å². The maximum Gasteiger partial charge on any atom is 0.272 e. The van der Waals surface area contributed by atoms with Crippen molar-refractivity contribution in [2.24, 2.45) is 0 Å². The maximum atomic E-state index is 12.6. The van der Waals surface area contributed by atoms with E-state index >= 15 is 0 Å². The van der Waals surface area contributed by atoms with Crippen LogP contribution in [0, 0.1) is 0 Å². The van der Waals surface area contributed by atoms with Crippen molar-refractivity contribution < 1.29 is 4.79 Å². The predicted octanol–water partition coefficient (Wildman–Crippen LogP) is 2.82. The summed E-state index contributed by atoms with van der Waals surface area (Å²) in [5.74, 6) is 0.0204. The molecule has 1 amide bonds. The third-order valence-corrected chi connectivity index (χ3v) is 4.14. The minimum Gasteiger partial charge on any atom is -0.363 e. The molecule has 1 fully saturated rings. The van der Waals surface area contributed by atoms with Crippen molar-refractivity contribution in [1.82, 2.24) is 9.88 Å². The van der Waals surface area contributed by atoms with Gasteiger partial charge in [0.15, 0.2) is 0 Å². The van der Waals surface area contributed by atoms with Crippen LogP contribution in [0.1, 0.15) is 24.3 Å². The van der Waals surface area contributed by atoms with Gasteiger partial charge in [-0.1, -0.05) is 24.3 Å². The quantitative estimate of drug-likeness (QED) is 0.855. The lowest BCUT2D eigenvalue weighted by molar-refractivity contribution is 0.0695. The number of amides is 1. The molecule has 1 aliphatic heterocycles. The molecule has 3 rings (SSSR count). The van der Waals surface area contributed by atoms with E-state index in [9.17, 15) is 4.79 Å². The van der Waals surface area contributed by atoms with Gasteiger partial charge in [0.25, 0.3) is 5.91 Å². The van der Waals surface area contributed by atoms with Crippen molar-refractivity contribution in [1.29, 1.82) is 0 Å². The first-order valence-corrected chi connectivity index (χ1v) is 7.70. The third-order valence-electron chi connectivity index (χ3n) is 4.14. The van der Waals surface area contributed by atoms with Crippen molar-refractivity contribution in [3.63, 3.8) is 0 Å². The smallest absolute Gasteiger partial charge is 0.272 e. The zero-order valence-corrected chi connectivity index (χ0v) is 13.0. The number of para-hydroxylation sites is 1. The topological polar surface area (TPSA) is 36.4 Å². The maximum absolute atomic E-state index is 12.6. The third kappa shape index (κ3) is 2.82. The van der Waals surface area contributed by atoms with E-state index in [-0.39, 0.29) is 18.0 Å². The van der Waals surface area contributed by atoms with Crippen LogP contribution in [0.25, 0.3) is 0 Å². The van der Waals surface area contributed by atoms with E-state index in [2.05, 4.69) is 48.0 Å². The summed E-state index contributed by atoms with van der Waals surface area (Å²) in [6, 6.07) is 16.4. The Labute approximate surface area is 131 Å². The van der Waals surface area contributed by atoms with Crippen molar-refractivity contribution >= 4 is 11.6 Å². The zero-order valence-electron chi connectivity index (χ0n) is 13.0. The molecule has 1 aromatic carbocycles. The first kappa shape index (κ1) is 14.6. The van der Waals surface area contributed by atoms with Crippen LogP contribution < -0.4 is 4.90 Å².